The van der Waals surface area contributed by atoms with E-state index in [0.717, 1.165) is 13.1 Å². The molecule has 3 heteroatoms. The van der Waals surface area contributed by atoms with Crippen molar-refractivity contribution < 1.29 is 0 Å². The van der Waals surface area contributed by atoms with Crippen molar-refractivity contribution in [1.29, 1.82) is 5.26 Å². The monoisotopic (exact) mass is 243 g/mol. The summed E-state index contributed by atoms with van der Waals surface area (Å²) in [5.41, 5.74) is 2.62. The zero-order valence-electron chi connectivity index (χ0n) is 11.4. The lowest BCUT2D eigenvalue weighted by Crippen LogP contribution is -2.56. The molecule has 0 radical (unpaired) electrons. The van der Waals surface area contributed by atoms with E-state index < -0.39 is 0 Å². The third kappa shape index (κ3) is 2.49. The Hall–Kier alpha value is -1.53. The fourth-order valence-corrected chi connectivity index (χ4v) is 2.69. The number of nitrogens with zero attached hydrogens (tertiary/aromatic N) is 3. The molecule has 1 fully saturated rings. The summed E-state index contributed by atoms with van der Waals surface area (Å²) < 4.78 is 0. The maximum Gasteiger partial charge on any atom is 0.0638 e. The lowest BCUT2D eigenvalue weighted by molar-refractivity contribution is 0.160. The summed E-state index contributed by atoms with van der Waals surface area (Å²) in [7, 11) is 2.13. The van der Waals surface area contributed by atoms with Crippen LogP contribution < -0.4 is 4.90 Å². The molecule has 3 nitrogen and oxygen atoms in total. The molecule has 1 aromatic rings. The molecule has 0 bridgehead atoms. The molecule has 1 aliphatic rings. The molecule has 0 saturated carbocycles. The number of likely N-dealkylation sites (N-methyl/N-ethyl adjacent to an activating group) is 1. The first-order valence-electron chi connectivity index (χ1n) is 6.53. The van der Waals surface area contributed by atoms with E-state index in [1.54, 1.807) is 0 Å². The molecule has 2 rings (SSSR count). The van der Waals surface area contributed by atoms with Crippen molar-refractivity contribution in [2.75, 3.05) is 25.0 Å². The quantitative estimate of drug-likeness (QED) is 0.799. The molecular weight excluding hydrogens is 222 g/mol. The minimum Gasteiger partial charge on any atom is -0.368 e. The van der Waals surface area contributed by atoms with Gasteiger partial charge in [-0.05, 0) is 32.5 Å². The van der Waals surface area contributed by atoms with Gasteiger partial charge >= 0.3 is 0 Å². The van der Waals surface area contributed by atoms with Gasteiger partial charge in [0.15, 0.2) is 0 Å². The normalized spacial score (nSPS) is 24.9. The number of rotatable bonds is 2. The summed E-state index contributed by atoms with van der Waals surface area (Å²) in [6.45, 7) is 6.36. The minimum absolute atomic E-state index is 0.332. The number of benzene rings is 1. The van der Waals surface area contributed by atoms with E-state index in [-0.39, 0.29) is 0 Å². The predicted octanol–water partition coefficient (Wildman–Crippen LogP) is 2.42. The Morgan fingerprint density at radius 2 is 2.06 bits per heavy atom. The van der Waals surface area contributed by atoms with Crippen LogP contribution in [0.2, 0.25) is 0 Å². The van der Waals surface area contributed by atoms with E-state index in [0.29, 0.717) is 18.5 Å². The molecule has 2 atom stereocenters. The Kier molecular flexibility index (Phi) is 3.88. The second kappa shape index (κ2) is 5.41. The van der Waals surface area contributed by atoms with Crippen LogP contribution in [-0.4, -0.2) is 37.1 Å². The molecule has 18 heavy (non-hydrogen) atoms. The molecule has 0 aromatic heterocycles. The van der Waals surface area contributed by atoms with Gasteiger partial charge in [-0.1, -0.05) is 18.2 Å². The highest BCUT2D eigenvalue weighted by Gasteiger charge is 2.29. The summed E-state index contributed by atoms with van der Waals surface area (Å²) >= 11 is 0. The van der Waals surface area contributed by atoms with E-state index in [1.165, 1.54) is 11.3 Å². The van der Waals surface area contributed by atoms with Gasteiger partial charge in [0.05, 0.1) is 12.5 Å². The number of nitriles is 1. The fraction of sp³-hybridized carbons (Fsp3) is 0.533. The van der Waals surface area contributed by atoms with Crippen molar-refractivity contribution >= 4 is 5.69 Å². The highest BCUT2D eigenvalue weighted by Crippen LogP contribution is 2.25. The number of hydrogen-bond donors (Lipinski definition) is 0. The number of aryl methyl sites for hydroxylation is 1. The van der Waals surface area contributed by atoms with Crippen molar-refractivity contribution in [3.63, 3.8) is 0 Å². The van der Waals surface area contributed by atoms with Crippen molar-refractivity contribution in [3.05, 3.63) is 29.8 Å². The largest absolute Gasteiger partial charge is 0.368 e. The molecule has 96 valence electrons. The standard InChI is InChI=1S/C15H21N3/c1-12-6-4-5-7-15(12)18-10-13(2)17(3)14(11-18)8-9-16/h4-7,13-14H,8,10-11H2,1-3H3. The maximum absolute atomic E-state index is 8.94. The van der Waals surface area contributed by atoms with Crippen molar-refractivity contribution in [2.45, 2.75) is 32.4 Å². The first kappa shape index (κ1) is 12.9. The molecule has 1 saturated heterocycles. The van der Waals surface area contributed by atoms with Crippen molar-refractivity contribution in [1.82, 2.24) is 4.90 Å². The Balaban J connectivity index is 2.20. The Morgan fingerprint density at radius 1 is 1.33 bits per heavy atom. The molecule has 2 unspecified atom stereocenters. The number of para-hydroxylation sites is 1. The Morgan fingerprint density at radius 3 is 2.72 bits per heavy atom. The van der Waals surface area contributed by atoms with Gasteiger partial charge in [0.1, 0.15) is 0 Å². The summed E-state index contributed by atoms with van der Waals surface area (Å²) in [5, 5.41) is 8.94. The first-order valence-corrected chi connectivity index (χ1v) is 6.53. The van der Waals surface area contributed by atoms with Crippen LogP contribution in [0, 0.1) is 18.3 Å². The van der Waals surface area contributed by atoms with Gasteiger partial charge in [0, 0.05) is 30.9 Å². The molecule has 0 N–H and O–H groups in total. The summed E-state index contributed by atoms with van der Waals surface area (Å²) in [6.07, 6.45) is 0.600. The van der Waals surface area contributed by atoms with Gasteiger partial charge in [-0.3, -0.25) is 4.90 Å². The van der Waals surface area contributed by atoms with Crippen LogP contribution in [0.4, 0.5) is 5.69 Å². The second-order valence-electron chi connectivity index (χ2n) is 5.22. The average Bonchev–Trinajstić information content (AvgIpc) is 2.35. The second-order valence-corrected chi connectivity index (χ2v) is 5.22. The van der Waals surface area contributed by atoms with Crippen molar-refractivity contribution in [2.24, 2.45) is 0 Å². The lowest BCUT2D eigenvalue weighted by Gasteiger charge is -2.44. The maximum atomic E-state index is 8.94. The van der Waals surface area contributed by atoms with Crippen LogP contribution in [0.25, 0.3) is 0 Å². The van der Waals surface area contributed by atoms with Crippen LogP contribution in [0.3, 0.4) is 0 Å². The summed E-state index contributed by atoms with van der Waals surface area (Å²) in [4.78, 5) is 4.75. The Bertz CT molecular complexity index is 449. The lowest BCUT2D eigenvalue weighted by atomic mass is 10.0. The molecule has 1 aliphatic heterocycles. The van der Waals surface area contributed by atoms with Crippen LogP contribution >= 0.6 is 0 Å². The first-order chi connectivity index (χ1) is 8.63. The predicted molar refractivity (Wildman–Crippen MR) is 74.6 cm³/mol. The minimum atomic E-state index is 0.332. The fourth-order valence-electron chi connectivity index (χ4n) is 2.69. The van der Waals surface area contributed by atoms with Crippen LogP contribution in [0.1, 0.15) is 18.9 Å². The van der Waals surface area contributed by atoms with E-state index in [4.69, 9.17) is 5.26 Å². The third-order valence-electron chi connectivity index (χ3n) is 3.97. The zero-order valence-corrected chi connectivity index (χ0v) is 11.4. The molecular formula is C15H21N3. The van der Waals surface area contributed by atoms with E-state index >= 15 is 0 Å². The van der Waals surface area contributed by atoms with Crippen LogP contribution in [0.5, 0.6) is 0 Å². The third-order valence-corrected chi connectivity index (χ3v) is 3.97. The molecule has 0 aliphatic carbocycles. The van der Waals surface area contributed by atoms with Gasteiger partial charge in [0.25, 0.3) is 0 Å². The van der Waals surface area contributed by atoms with Gasteiger partial charge < -0.3 is 4.90 Å². The van der Waals surface area contributed by atoms with Gasteiger partial charge in [0.2, 0.25) is 0 Å². The SMILES string of the molecule is Cc1ccccc1N1CC(C)N(C)C(CC#N)C1. The average molecular weight is 243 g/mol. The molecule has 1 aromatic carbocycles. The number of piperazine rings is 1. The van der Waals surface area contributed by atoms with Crippen LogP contribution in [-0.2, 0) is 0 Å². The Labute approximate surface area is 110 Å². The van der Waals surface area contributed by atoms with Gasteiger partial charge in [-0.15, -0.1) is 0 Å². The van der Waals surface area contributed by atoms with Crippen molar-refractivity contribution in [3.8, 4) is 6.07 Å². The summed E-state index contributed by atoms with van der Waals surface area (Å²) in [5.74, 6) is 0. The smallest absolute Gasteiger partial charge is 0.0638 e. The molecule has 0 amide bonds. The van der Waals surface area contributed by atoms with Crippen LogP contribution in [0.15, 0.2) is 24.3 Å². The topological polar surface area (TPSA) is 30.3 Å². The highest BCUT2D eigenvalue weighted by atomic mass is 15.3. The zero-order chi connectivity index (χ0) is 13.1. The van der Waals surface area contributed by atoms with Gasteiger partial charge in [-0.2, -0.15) is 5.26 Å². The molecule has 0 spiro atoms. The van der Waals surface area contributed by atoms with E-state index in [9.17, 15) is 0 Å². The number of hydrogen-bond acceptors (Lipinski definition) is 3. The summed E-state index contributed by atoms with van der Waals surface area (Å²) in [6, 6.07) is 11.6. The highest BCUT2D eigenvalue weighted by molar-refractivity contribution is 5.53. The number of anilines is 1. The van der Waals surface area contributed by atoms with E-state index in [2.05, 4.69) is 61.0 Å². The van der Waals surface area contributed by atoms with E-state index in [1.807, 2.05) is 0 Å². The van der Waals surface area contributed by atoms with Gasteiger partial charge in [-0.25, -0.2) is 0 Å². The molecule has 1 heterocycles.